The van der Waals surface area contributed by atoms with Crippen LogP contribution < -0.4 is 0 Å². The molecule has 0 saturated heterocycles. The number of rotatable bonds is 8. The van der Waals surface area contributed by atoms with Crippen molar-refractivity contribution in [3.05, 3.63) is 34.9 Å². The Bertz CT molecular complexity index is 380. The molecule has 0 N–H and O–H groups in total. The lowest BCUT2D eigenvalue weighted by Crippen LogP contribution is -2.46. The van der Waals surface area contributed by atoms with Crippen LogP contribution in [0.25, 0.3) is 0 Å². The quantitative estimate of drug-likeness (QED) is 0.515. The summed E-state index contributed by atoms with van der Waals surface area (Å²) in [5, 5.41) is 0.902. The summed E-state index contributed by atoms with van der Waals surface area (Å²) in [4.78, 5) is 0. The minimum Gasteiger partial charge on any atom is -0.380 e. The van der Waals surface area contributed by atoms with Crippen molar-refractivity contribution in [2.24, 2.45) is 0 Å². The van der Waals surface area contributed by atoms with Crippen LogP contribution in [0.5, 0.6) is 0 Å². The fraction of sp³-hybridized carbons (Fsp3) is 0.625. The third kappa shape index (κ3) is 4.30. The van der Waals surface area contributed by atoms with Gasteiger partial charge in [-0.2, -0.15) is 0 Å². The van der Waals surface area contributed by atoms with Gasteiger partial charge in [0.25, 0.3) is 0 Å². The topological polar surface area (TPSA) is 9.23 Å². The van der Waals surface area contributed by atoms with Gasteiger partial charge in [-0.1, -0.05) is 34.1 Å². The van der Waals surface area contributed by atoms with Crippen LogP contribution in [0.3, 0.4) is 0 Å². The van der Waals surface area contributed by atoms with Gasteiger partial charge in [0, 0.05) is 18.0 Å². The van der Waals surface area contributed by atoms with Crippen molar-refractivity contribution >= 4 is 15.9 Å². The lowest BCUT2D eigenvalue weighted by atomic mass is 10.0. The number of hydrogen-bond acceptors (Lipinski definition) is 1. The van der Waals surface area contributed by atoms with E-state index in [9.17, 15) is 0 Å². The van der Waals surface area contributed by atoms with E-state index < -0.39 is 0 Å². The highest BCUT2D eigenvalue weighted by Gasteiger charge is 2.22. The Kier molecular flexibility index (Phi) is 7.05. The summed E-state index contributed by atoms with van der Waals surface area (Å²) in [7, 11) is 1.77. The van der Waals surface area contributed by atoms with Crippen molar-refractivity contribution in [3.8, 4) is 0 Å². The lowest BCUT2D eigenvalue weighted by molar-refractivity contribution is -0.936. The van der Waals surface area contributed by atoms with Crippen molar-refractivity contribution in [1.29, 1.82) is 0 Å². The highest BCUT2D eigenvalue weighted by atomic mass is 79.9. The zero-order valence-corrected chi connectivity index (χ0v) is 14.3. The molecule has 0 amide bonds. The fourth-order valence-corrected chi connectivity index (χ4v) is 2.92. The van der Waals surface area contributed by atoms with E-state index >= 15 is 0 Å². The molecule has 0 aliphatic rings. The minimum atomic E-state index is 0.702. The fourth-order valence-electron chi connectivity index (χ4n) is 2.57. The smallest absolute Gasteiger partial charge is 0.105 e. The predicted octanol–water partition coefficient (Wildman–Crippen LogP) is 4.10. The molecule has 0 fully saturated rings. The van der Waals surface area contributed by atoms with Crippen LogP contribution in [0.2, 0.25) is 0 Å². The number of methoxy groups -OCH3 is 1. The van der Waals surface area contributed by atoms with Gasteiger partial charge in [0.15, 0.2) is 0 Å². The van der Waals surface area contributed by atoms with E-state index in [0.29, 0.717) is 6.61 Å². The van der Waals surface area contributed by atoms with Gasteiger partial charge in [-0.25, -0.2) is 0 Å². The summed E-state index contributed by atoms with van der Waals surface area (Å²) in [6.45, 7) is 12.2. The molecule has 0 spiro atoms. The van der Waals surface area contributed by atoms with Crippen molar-refractivity contribution in [3.63, 3.8) is 0 Å². The summed E-state index contributed by atoms with van der Waals surface area (Å²) in [6, 6.07) is 6.76. The Morgan fingerprint density at radius 2 is 1.68 bits per heavy atom. The zero-order valence-electron chi connectivity index (χ0n) is 12.7. The molecule has 0 radical (unpaired) electrons. The summed E-state index contributed by atoms with van der Waals surface area (Å²) in [5.74, 6) is 0. The molecule has 2 nitrogen and oxygen atoms in total. The molecule has 0 aromatic heterocycles. The molecule has 1 aromatic carbocycles. The van der Waals surface area contributed by atoms with Crippen molar-refractivity contribution < 1.29 is 9.22 Å². The van der Waals surface area contributed by atoms with Gasteiger partial charge in [-0.05, 0) is 31.9 Å². The number of nitrogens with zero attached hydrogens (tertiary/aromatic N) is 1. The normalized spacial score (nSPS) is 11.8. The van der Waals surface area contributed by atoms with Gasteiger partial charge in [0.1, 0.15) is 6.54 Å². The van der Waals surface area contributed by atoms with E-state index in [4.69, 9.17) is 4.74 Å². The first-order chi connectivity index (χ1) is 9.14. The van der Waals surface area contributed by atoms with Crippen molar-refractivity contribution in [2.75, 3.05) is 26.7 Å². The number of halogens is 1. The number of benzene rings is 1. The molecule has 108 valence electrons. The lowest BCUT2D eigenvalue weighted by Gasteiger charge is -2.36. The first-order valence-electron chi connectivity index (χ1n) is 7.15. The van der Waals surface area contributed by atoms with Crippen LogP contribution in [-0.4, -0.2) is 31.2 Å². The van der Waals surface area contributed by atoms with Gasteiger partial charge in [0.05, 0.1) is 26.2 Å². The maximum absolute atomic E-state index is 5.36. The number of quaternary nitrogens is 1. The minimum absolute atomic E-state index is 0.702. The van der Waals surface area contributed by atoms with Crippen molar-refractivity contribution in [1.82, 2.24) is 0 Å². The molecule has 0 bridgehead atoms. The Morgan fingerprint density at radius 3 is 2.16 bits per heavy atom. The van der Waals surface area contributed by atoms with Crippen molar-refractivity contribution in [2.45, 2.75) is 39.3 Å². The molecule has 3 heteroatoms. The van der Waals surface area contributed by atoms with E-state index in [1.165, 1.54) is 36.3 Å². The second-order valence-electron chi connectivity index (χ2n) is 5.12. The van der Waals surface area contributed by atoms with E-state index in [-0.39, 0.29) is 0 Å². The third-order valence-corrected chi connectivity index (χ3v) is 4.89. The van der Waals surface area contributed by atoms with E-state index in [1.807, 2.05) is 0 Å². The molecule has 0 heterocycles. The van der Waals surface area contributed by atoms with Gasteiger partial charge in [-0.3, -0.25) is 0 Å². The summed E-state index contributed by atoms with van der Waals surface area (Å²) in [6.07, 6.45) is 0. The van der Waals surface area contributed by atoms with Gasteiger partial charge in [0.2, 0.25) is 0 Å². The molecule has 0 saturated carbocycles. The van der Waals surface area contributed by atoms with Gasteiger partial charge < -0.3 is 9.22 Å². The van der Waals surface area contributed by atoms with Gasteiger partial charge >= 0.3 is 0 Å². The predicted molar refractivity (Wildman–Crippen MR) is 85.4 cm³/mol. The van der Waals surface area contributed by atoms with Crippen LogP contribution in [0.4, 0.5) is 0 Å². The molecule has 0 aliphatic heterocycles. The van der Waals surface area contributed by atoms with Gasteiger partial charge in [-0.15, -0.1) is 0 Å². The number of ether oxygens (including phenoxy) is 1. The second-order valence-corrected chi connectivity index (χ2v) is 5.68. The molecule has 1 aromatic rings. The van der Waals surface area contributed by atoms with E-state index in [1.54, 1.807) is 7.11 Å². The highest BCUT2D eigenvalue weighted by Crippen LogP contribution is 2.21. The highest BCUT2D eigenvalue weighted by molar-refractivity contribution is 9.08. The monoisotopic (exact) mass is 328 g/mol. The Labute approximate surface area is 126 Å². The molecular weight excluding hydrogens is 302 g/mol. The summed E-state index contributed by atoms with van der Waals surface area (Å²) >= 11 is 3.53. The van der Waals surface area contributed by atoms with Crippen LogP contribution in [-0.2, 0) is 23.2 Å². The Hall–Kier alpha value is -0.380. The summed E-state index contributed by atoms with van der Waals surface area (Å²) in [5.41, 5.74) is 4.08. The molecule has 19 heavy (non-hydrogen) atoms. The van der Waals surface area contributed by atoms with Crippen LogP contribution >= 0.6 is 15.9 Å². The Morgan fingerprint density at radius 1 is 1.05 bits per heavy atom. The average molecular weight is 329 g/mol. The molecule has 0 atom stereocenters. The molecule has 0 unspecified atom stereocenters. The van der Waals surface area contributed by atoms with E-state index in [2.05, 4.69) is 54.9 Å². The zero-order chi connectivity index (χ0) is 14.3. The largest absolute Gasteiger partial charge is 0.380 e. The first-order valence-corrected chi connectivity index (χ1v) is 8.27. The van der Waals surface area contributed by atoms with Crippen LogP contribution in [0.15, 0.2) is 18.2 Å². The standard InChI is InChI=1S/C16H27BrNO/c1-5-18(6-2,7-3)12-15-9-8-14(11-17)10-16(15)13-19-4/h8-10H,5-7,11-13H2,1-4H3/q+1. The Balaban J connectivity index is 3.04. The van der Waals surface area contributed by atoms with Crippen LogP contribution in [0, 0.1) is 0 Å². The maximum Gasteiger partial charge on any atom is 0.105 e. The number of hydrogen-bond donors (Lipinski definition) is 0. The summed E-state index contributed by atoms with van der Waals surface area (Å²) < 4.78 is 6.50. The number of alkyl halides is 1. The van der Waals surface area contributed by atoms with Crippen LogP contribution in [0.1, 0.15) is 37.5 Å². The SMILES string of the molecule is CC[N+](CC)(CC)Cc1ccc(CBr)cc1COC. The first kappa shape index (κ1) is 16.7. The molecule has 0 aliphatic carbocycles. The maximum atomic E-state index is 5.36. The average Bonchev–Trinajstić information content (AvgIpc) is 2.46. The third-order valence-electron chi connectivity index (χ3n) is 4.24. The van der Waals surface area contributed by atoms with E-state index in [0.717, 1.165) is 16.4 Å². The molecular formula is C16H27BrNO+. The second kappa shape index (κ2) is 8.03. The molecule has 1 rings (SSSR count).